The Balaban J connectivity index is 2.35. The number of benzene rings is 1. The molecule has 17 heavy (non-hydrogen) atoms. The molecule has 88 valence electrons. The number of carbonyl (C=O) groups is 1. The fourth-order valence-corrected chi connectivity index (χ4v) is 1.38. The molecule has 0 spiro atoms. The van der Waals surface area contributed by atoms with Gasteiger partial charge in [-0.05, 0) is 18.2 Å². The lowest BCUT2D eigenvalue weighted by molar-refractivity contribution is 0.0694. The number of carboxylic acids is 1. The van der Waals surface area contributed by atoms with Crippen LogP contribution in [0.25, 0.3) is 0 Å². The molecule has 0 atom stereocenters. The van der Waals surface area contributed by atoms with Gasteiger partial charge in [-0.2, -0.15) is 5.10 Å². The van der Waals surface area contributed by atoms with E-state index in [1.165, 1.54) is 18.3 Å². The number of nitrogens with two attached hydrogens (primary N) is 1. The lowest BCUT2D eigenvalue weighted by Crippen LogP contribution is -2.01. The van der Waals surface area contributed by atoms with Crippen LogP contribution in [-0.4, -0.2) is 20.9 Å². The maximum Gasteiger partial charge on any atom is 0.339 e. The first-order valence-corrected chi connectivity index (χ1v) is 4.85. The summed E-state index contributed by atoms with van der Waals surface area (Å²) in [6.07, 6.45) is 3.14. The molecule has 2 aromatic rings. The zero-order valence-corrected chi connectivity index (χ0v) is 9.12. The number of aromatic nitrogens is 2. The van der Waals surface area contributed by atoms with Gasteiger partial charge in [-0.3, -0.25) is 4.68 Å². The summed E-state index contributed by atoms with van der Waals surface area (Å²) in [5, 5.41) is 12.9. The van der Waals surface area contributed by atoms with E-state index >= 15 is 0 Å². The van der Waals surface area contributed by atoms with Crippen LogP contribution in [0, 0.1) is 0 Å². The number of rotatable bonds is 3. The summed E-state index contributed by atoms with van der Waals surface area (Å²) in [5.41, 5.74) is 5.93. The van der Waals surface area contributed by atoms with E-state index in [0.717, 1.165) is 0 Å². The second-order valence-corrected chi connectivity index (χ2v) is 3.51. The predicted molar refractivity (Wildman–Crippen MR) is 61.1 cm³/mol. The van der Waals surface area contributed by atoms with Gasteiger partial charge in [0.2, 0.25) is 0 Å². The lowest BCUT2D eigenvalue weighted by atomic mass is 10.2. The Morgan fingerprint density at radius 2 is 2.29 bits per heavy atom. The van der Waals surface area contributed by atoms with Crippen molar-refractivity contribution in [2.75, 3.05) is 5.73 Å². The minimum absolute atomic E-state index is 0.0221. The third kappa shape index (κ3) is 2.36. The van der Waals surface area contributed by atoms with Crippen LogP contribution in [0.1, 0.15) is 10.4 Å². The molecule has 0 amide bonds. The molecule has 0 aliphatic rings. The molecule has 6 heteroatoms. The van der Waals surface area contributed by atoms with E-state index < -0.39 is 5.97 Å². The SMILES string of the molecule is Cn1cc(Oc2ccc(N)cc2C(=O)O)cn1. The average Bonchev–Trinajstić information content (AvgIpc) is 2.66. The van der Waals surface area contributed by atoms with Gasteiger partial charge >= 0.3 is 5.97 Å². The molecule has 1 aromatic heterocycles. The fraction of sp³-hybridized carbons (Fsp3) is 0.0909. The summed E-state index contributed by atoms with van der Waals surface area (Å²) < 4.78 is 6.99. The highest BCUT2D eigenvalue weighted by atomic mass is 16.5. The van der Waals surface area contributed by atoms with Crippen LogP contribution in [0.2, 0.25) is 0 Å². The van der Waals surface area contributed by atoms with Crippen molar-refractivity contribution in [3.8, 4) is 11.5 Å². The fourth-order valence-electron chi connectivity index (χ4n) is 1.38. The molecule has 0 saturated heterocycles. The van der Waals surface area contributed by atoms with Crippen LogP contribution in [0.15, 0.2) is 30.6 Å². The van der Waals surface area contributed by atoms with Gasteiger partial charge in [0, 0.05) is 12.7 Å². The highest BCUT2D eigenvalue weighted by Gasteiger charge is 2.13. The number of nitrogens with zero attached hydrogens (tertiary/aromatic N) is 2. The number of aryl methyl sites for hydroxylation is 1. The van der Waals surface area contributed by atoms with Crippen LogP contribution in [0.3, 0.4) is 0 Å². The van der Waals surface area contributed by atoms with Crippen molar-refractivity contribution < 1.29 is 14.6 Å². The quantitative estimate of drug-likeness (QED) is 0.784. The van der Waals surface area contributed by atoms with E-state index in [9.17, 15) is 4.79 Å². The van der Waals surface area contributed by atoms with Gasteiger partial charge in [0.15, 0.2) is 5.75 Å². The topological polar surface area (TPSA) is 90.4 Å². The second-order valence-electron chi connectivity index (χ2n) is 3.51. The van der Waals surface area contributed by atoms with Gasteiger partial charge in [-0.25, -0.2) is 4.79 Å². The molecule has 0 bridgehead atoms. The van der Waals surface area contributed by atoms with Gasteiger partial charge < -0.3 is 15.6 Å². The largest absolute Gasteiger partial charge is 0.478 e. The molecule has 2 rings (SSSR count). The van der Waals surface area contributed by atoms with Crippen LogP contribution in [0.4, 0.5) is 5.69 Å². The summed E-state index contributed by atoms with van der Waals surface area (Å²) in [6, 6.07) is 4.46. The zero-order valence-electron chi connectivity index (χ0n) is 9.12. The molecule has 1 aromatic carbocycles. The lowest BCUT2D eigenvalue weighted by Gasteiger charge is -2.07. The van der Waals surface area contributed by atoms with Gasteiger partial charge in [0.25, 0.3) is 0 Å². The van der Waals surface area contributed by atoms with Gasteiger partial charge in [-0.15, -0.1) is 0 Å². The summed E-state index contributed by atoms with van der Waals surface area (Å²) in [6.45, 7) is 0. The predicted octanol–water partition coefficient (Wildman–Crippen LogP) is 1.49. The molecule has 0 fully saturated rings. The van der Waals surface area contributed by atoms with E-state index in [1.54, 1.807) is 24.0 Å². The summed E-state index contributed by atoms with van der Waals surface area (Å²) >= 11 is 0. The van der Waals surface area contributed by atoms with Crippen LogP contribution in [-0.2, 0) is 7.05 Å². The minimum Gasteiger partial charge on any atom is -0.478 e. The molecule has 1 heterocycles. The Kier molecular flexibility index (Phi) is 2.70. The molecule has 0 aliphatic carbocycles. The molecule has 0 aliphatic heterocycles. The van der Waals surface area contributed by atoms with Crippen molar-refractivity contribution in [1.82, 2.24) is 9.78 Å². The van der Waals surface area contributed by atoms with E-state index in [4.69, 9.17) is 15.6 Å². The van der Waals surface area contributed by atoms with E-state index in [1.807, 2.05) is 0 Å². The number of anilines is 1. The smallest absolute Gasteiger partial charge is 0.339 e. The molecule has 0 radical (unpaired) electrons. The number of hydrogen-bond donors (Lipinski definition) is 2. The zero-order chi connectivity index (χ0) is 12.4. The maximum atomic E-state index is 11.0. The third-order valence-electron chi connectivity index (χ3n) is 2.14. The molecular weight excluding hydrogens is 222 g/mol. The molecule has 3 N–H and O–H groups in total. The Bertz CT molecular complexity index is 563. The summed E-state index contributed by atoms with van der Waals surface area (Å²) in [7, 11) is 1.74. The number of ether oxygens (including phenoxy) is 1. The highest BCUT2D eigenvalue weighted by Crippen LogP contribution is 2.26. The van der Waals surface area contributed by atoms with Crippen LogP contribution in [0.5, 0.6) is 11.5 Å². The van der Waals surface area contributed by atoms with Crippen molar-refractivity contribution in [2.24, 2.45) is 7.05 Å². The Hall–Kier alpha value is -2.50. The van der Waals surface area contributed by atoms with Crippen molar-refractivity contribution in [3.63, 3.8) is 0 Å². The molecule has 0 saturated carbocycles. The maximum absolute atomic E-state index is 11.0. The molecule has 0 unspecified atom stereocenters. The second kappa shape index (κ2) is 4.17. The van der Waals surface area contributed by atoms with Crippen LogP contribution < -0.4 is 10.5 Å². The number of hydrogen-bond acceptors (Lipinski definition) is 4. The van der Waals surface area contributed by atoms with E-state index in [-0.39, 0.29) is 11.3 Å². The third-order valence-corrected chi connectivity index (χ3v) is 2.14. The Morgan fingerprint density at radius 1 is 1.53 bits per heavy atom. The monoisotopic (exact) mass is 233 g/mol. The van der Waals surface area contributed by atoms with Gasteiger partial charge in [0.05, 0.1) is 12.4 Å². The van der Waals surface area contributed by atoms with Gasteiger partial charge in [-0.1, -0.05) is 0 Å². The Morgan fingerprint density at radius 3 is 2.88 bits per heavy atom. The van der Waals surface area contributed by atoms with E-state index in [0.29, 0.717) is 11.4 Å². The summed E-state index contributed by atoms with van der Waals surface area (Å²) in [4.78, 5) is 11.0. The van der Waals surface area contributed by atoms with Crippen molar-refractivity contribution >= 4 is 11.7 Å². The first kappa shape index (κ1) is 11.0. The molecular formula is C11H11N3O3. The van der Waals surface area contributed by atoms with Crippen molar-refractivity contribution in [2.45, 2.75) is 0 Å². The van der Waals surface area contributed by atoms with Crippen molar-refractivity contribution in [3.05, 3.63) is 36.2 Å². The Labute approximate surface area is 97.2 Å². The normalized spacial score (nSPS) is 10.2. The van der Waals surface area contributed by atoms with E-state index in [2.05, 4.69) is 5.10 Å². The minimum atomic E-state index is -1.09. The van der Waals surface area contributed by atoms with Gasteiger partial charge in [0.1, 0.15) is 11.3 Å². The standard InChI is InChI=1S/C11H11N3O3/c1-14-6-8(5-13-14)17-10-3-2-7(12)4-9(10)11(15)16/h2-6H,12H2,1H3,(H,15,16). The highest BCUT2D eigenvalue weighted by molar-refractivity contribution is 5.92. The van der Waals surface area contributed by atoms with Crippen molar-refractivity contribution in [1.29, 1.82) is 0 Å². The number of nitrogen functional groups attached to an aromatic ring is 1. The average molecular weight is 233 g/mol. The molecule has 6 nitrogen and oxygen atoms in total. The first-order valence-electron chi connectivity index (χ1n) is 4.85. The van der Waals surface area contributed by atoms with Crippen LogP contribution >= 0.6 is 0 Å². The summed E-state index contributed by atoms with van der Waals surface area (Å²) in [5.74, 6) is -0.379. The first-order chi connectivity index (χ1) is 8.06. The number of carboxylic acid groups (broad SMARTS) is 1. The number of aromatic carboxylic acids is 1.